The summed E-state index contributed by atoms with van der Waals surface area (Å²) >= 11 is 5.98. The van der Waals surface area contributed by atoms with E-state index in [1.165, 1.54) is 6.08 Å². The predicted molar refractivity (Wildman–Crippen MR) is 71.0 cm³/mol. The fourth-order valence-corrected chi connectivity index (χ4v) is 1.63. The lowest BCUT2D eigenvalue weighted by Gasteiger charge is -2.04. The van der Waals surface area contributed by atoms with Crippen LogP contribution < -0.4 is 5.32 Å². The van der Waals surface area contributed by atoms with E-state index in [4.69, 9.17) is 16.0 Å². The highest BCUT2D eigenvalue weighted by atomic mass is 35.5. The number of hydrogen-bond donors (Lipinski definition) is 1. The van der Waals surface area contributed by atoms with E-state index >= 15 is 0 Å². The van der Waals surface area contributed by atoms with Gasteiger partial charge in [-0.1, -0.05) is 29.8 Å². The van der Waals surface area contributed by atoms with Gasteiger partial charge in [-0.3, -0.25) is 4.79 Å². The zero-order chi connectivity index (χ0) is 12.8. The van der Waals surface area contributed by atoms with Crippen LogP contribution >= 0.6 is 11.6 Å². The Morgan fingerprint density at radius 1 is 1.28 bits per heavy atom. The normalized spacial score (nSPS) is 10.7. The van der Waals surface area contributed by atoms with Crippen LogP contribution in [0.25, 0.3) is 6.08 Å². The smallest absolute Gasteiger partial charge is 0.244 e. The van der Waals surface area contributed by atoms with E-state index in [0.29, 0.717) is 17.3 Å². The zero-order valence-electron chi connectivity index (χ0n) is 9.60. The molecule has 0 fully saturated rings. The molecule has 92 valence electrons. The average molecular weight is 262 g/mol. The van der Waals surface area contributed by atoms with Gasteiger partial charge in [-0.15, -0.1) is 0 Å². The van der Waals surface area contributed by atoms with E-state index in [1.807, 2.05) is 18.2 Å². The number of halogens is 1. The number of furan rings is 1. The summed E-state index contributed by atoms with van der Waals surface area (Å²) in [7, 11) is 0. The first-order chi connectivity index (χ1) is 8.75. The average Bonchev–Trinajstić information content (AvgIpc) is 2.88. The van der Waals surface area contributed by atoms with Crippen LogP contribution in [-0.2, 0) is 11.3 Å². The van der Waals surface area contributed by atoms with Crippen molar-refractivity contribution >= 4 is 23.6 Å². The Labute approximate surface area is 110 Å². The molecule has 0 saturated heterocycles. The minimum absolute atomic E-state index is 0.189. The molecule has 0 radical (unpaired) electrons. The molecule has 0 atom stereocenters. The minimum Gasteiger partial charge on any atom is -0.465 e. The molecule has 2 rings (SSSR count). The Hall–Kier alpha value is -2.00. The Balaban J connectivity index is 1.87. The molecule has 0 aliphatic carbocycles. The van der Waals surface area contributed by atoms with Crippen LogP contribution in [0.1, 0.15) is 11.3 Å². The molecular formula is C14H12ClNO2. The van der Waals surface area contributed by atoms with Crippen molar-refractivity contribution in [1.29, 1.82) is 0 Å². The molecule has 1 aromatic carbocycles. The summed E-state index contributed by atoms with van der Waals surface area (Å²) in [6.45, 7) is 0.404. The number of carbonyl (C=O) groups excluding carboxylic acids is 1. The fraction of sp³-hybridized carbons (Fsp3) is 0.0714. The zero-order valence-corrected chi connectivity index (χ0v) is 10.4. The number of rotatable bonds is 4. The monoisotopic (exact) mass is 261 g/mol. The third kappa shape index (κ3) is 3.50. The summed E-state index contributed by atoms with van der Waals surface area (Å²) in [5.41, 5.74) is 0.888. The van der Waals surface area contributed by atoms with E-state index in [9.17, 15) is 4.79 Å². The third-order valence-electron chi connectivity index (χ3n) is 2.35. The lowest BCUT2D eigenvalue weighted by Crippen LogP contribution is -2.20. The first kappa shape index (κ1) is 12.5. The quantitative estimate of drug-likeness (QED) is 0.859. The maximum Gasteiger partial charge on any atom is 0.244 e. The lowest BCUT2D eigenvalue weighted by molar-refractivity contribution is -0.116. The van der Waals surface area contributed by atoms with Crippen LogP contribution in [0.3, 0.4) is 0 Å². The molecule has 0 spiro atoms. The molecule has 1 amide bonds. The second-order valence-corrected chi connectivity index (χ2v) is 4.07. The Morgan fingerprint density at radius 2 is 2.11 bits per heavy atom. The molecule has 0 unspecified atom stereocenters. The van der Waals surface area contributed by atoms with E-state index < -0.39 is 0 Å². The van der Waals surface area contributed by atoms with Gasteiger partial charge in [0.2, 0.25) is 5.91 Å². The van der Waals surface area contributed by atoms with E-state index in [-0.39, 0.29) is 5.91 Å². The van der Waals surface area contributed by atoms with Gasteiger partial charge < -0.3 is 9.73 Å². The highest BCUT2D eigenvalue weighted by molar-refractivity contribution is 6.31. The molecule has 0 aliphatic rings. The molecule has 2 aromatic rings. The van der Waals surface area contributed by atoms with Gasteiger partial charge in [0.15, 0.2) is 0 Å². The molecule has 4 heteroatoms. The van der Waals surface area contributed by atoms with Crippen molar-refractivity contribution in [2.75, 3.05) is 0 Å². The van der Waals surface area contributed by atoms with Crippen molar-refractivity contribution in [2.45, 2.75) is 6.54 Å². The molecule has 1 aromatic heterocycles. The largest absolute Gasteiger partial charge is 0.465 e. The first-order valence-corrected chi connectivity index (χ1v) is 5.86. The molecule has 0 bridgehead atoms. The van der Waals surface area contributed by atoms with Gasteiger partial charge in [-0.2, -0.15) is 0 Å². The van der Waals surface area contributed by atoms with Crippen LogP contribution in [0.4, 0.5) is 0 Å². The minimum atomic E-state index is -0.189. The molecule has 1 N–H and O–H groups in total. The van der Waals surface area contributed by atoms with Crippen LogP contribution in [0.5, 0.6) is 0 Å². The van der Waals surface area contributed by atoms with Crippen molar-refractivity contribution in [3.05, 3.63) is 65.1 Å². The second kappa shape index (κ2) is 6.07. The molecule has 0 aliphatic heterocycles. The van der Waals surface area contributed by atoms with Crippen LogP contribution in [0, 0.1) is 0 Å². The highest BCUT2D eigenvalue weighted by Gasteiger charge is 2.00. The summed E-state index contributed by atoms with van der Waals surface area (Å²) in [4.78, 5) is 11.5. The third-order valence-corrected chi connectivity index (χ3v) is 2.72. The van der Waals surface area contributed by atoms with Gasteiger partial charge in [-0.25, -0.2) is 0 Å². The van der Waals surface area contributed by atoms with Crippen molar-refractivity contribution < 1.29 is 9.21 Å². The van der Waals surface area contributed by atoms with Gasteiger partial charge in [0.05, 0.1) is 6.26 Å². The summed E-state index contributed by atoms with van der Waals surface area (Å²) in [5, 5.41) is 3.40. The summed E-state index contributed by atoms with van der Waals surface area (Å²) in [6, 6.07) is 10.9. The summed E-state index contributed by atoms with van der Waals surface area (Å²) in [6.07, 6.45) is 4.60. The lowest BCUT2D eigenvalue weighted by atomic mass is 10.2. The van der Waals surface area contributed by atoms with Crippen LogP contribution in [0.15, 0.2) is 53.2 Å². The Bertz CT molecular complexity index is 547. The molecule has 0 saturated carbocycles. The van der Waals surface area contributed by atoms with E-state index in [2.05, 4.69) is 5.32 Å². The molecular weight excluding hydrogens is 250 g/mol. The molecule has 18 heavy (non-hydrogen) atoms. The fourth-order valence-electron chi connectivity index (χ4n) is 1.43. The van der Waals surface area contributed by atoms with Gasteiger partial charge in [0, 0.05) is 17.6 Å². The highest BCUT2D eigenvalue weighted by Crippen LogP contribution is 2.14. The maximum atomic E-state index is 11.5. The number of hydrogen-bond acceptors (Lipinski definition) is 2. The number of nitrogens with one attached hydrogen (secondary N) is 1. The van der Waals surface area contributed by atoms with Gasteiger partial charge >= 0.3 is 0 Å². The van der Waals surface area contributed by atoms with Gasteiger partial charge in [0.25, 0.3) is 0 Å². The number of benzene rings is 1. The molecule has 1 heterocycles. The van der Waals surface area contributed by atoms with E-state index in [1.54, 1.807) is 30.5 Å². The Kier molecular flexibility index (Phi) is 4.20. The SMILES string of the molecule is O=C(C=Cc1ccco1)NCc1ccccc1Cl. The van der Waals surface area contributed by atoms with Gasteiger partial charge in [-0.05, 0) is 29.8 Å². The predicted octanol–water partition coefficient (Wildman–Crippen LogP) is 3.26. The van der Waals surface area contributed by atoms with E-state index in [0.717, 1.165) is 5.56 Å². The first-order valence-electron chi connectivity index (χ1n) is 5.48. The van der Waals surface area contributed by atoms with Crippen molar-refractivity contribution in [3.8, 4) is 0 Å². The maximum absolute atomic E-state index is 11.5. The van der Waals surface area contributed by atoms with Crippen molar-refractivity contribution in [3.63, 3.8) is 0 Å². The summed E-state index contributed by atoms with van der Waals surface area (Å²) < 4.78 is 5.08. The van der Waals surface area contributed by atoms with Crippen LogP contribution in [-0.4, -0.2) is 5.91 Å². The standard InChI is InChI=1S/C14H12ClNO2/c15-13-6-2-1-4-11(13)10-16-14(17)8-7-12-5-3-9-18-12/h1-9H,10H2,(H,16,17). The topological polar surface area (TPSA) is 42.2 Å². The Morgan fingerprint density at radius 3 is 2.83 bits per heavy atom. The number of carbonyl (C=O) groups is 1. The second-order valence-electron chi connectivity index (χ2n) is 3.66. The van der Waals surface area contributed by atoms with Crippen LogP contribution in [0.2, 0.25) is 5.02 Å². The van der Waals surface area contributed by atoms with Crippen molar-refractivity contribution in [2.24, 2.45) is 0 Å². The number of amides is 1. The molecule has 3 nitrogen and oxygen atoms in total. The van der Waals surface area contributed by atoms with Crippen molar-refractivity contribution in [1.82, 2.24) is 5.32 Å². The summed E-state index contributed by atoms with van der Waals surface area (Å²) in [5.74, 6) is 0.453. The van der Waals surface area contributed by atoms with Gasteiger partial charge in [0.1, 0.15) is 5.76 Å².